The summed E-state index contributed by atoms with van der Waals surface area (Å²) in [6.07, 6.45) is 0.910. The Morgan fingerprint density at radius 1 is 1.11 bits per heavy atom. The highest BCUT2D eigenvalue weighted by Gasteiger charge is 2.44. The van der Waals surface area contributed by atoms with Gasteiger partial charge in [-0.1, -0.05) is 54.7 Å². The number of carbonyl (C=O) groups excluding carboxylic acids is 1. The molecule has 5 rings (SSSR count). The van der Waals surface area contributed by atoms with E-state index in [1.54, 1.807) is 29.8 Å². The maximum absolute atomic E-state index is 13.3. The number of carbonyl (C=O) groups is 1. The molecule has 0 N–H and O–H groups in total. The number of aryl methyl sites for hydroxylation is 1. The second-order valence-electron chi connectivity index (χ2n) is 6.56. The van der Waals surface area contributed by atoms with Crippen LogP contribution in [0.2, 0.25) is 0 Å². The Balaban J connectivity index is 1.80. The number of benzene rings is 2. The first-order chi connectivity index (χ1) is 13.7. The summed E-state index contributed by atoms with van der Waals surface area (Å²) in [5.74, 6) is -0.303. The average molecular weight is 389 g/mol. The zero-order valence-electron chi connectivity index (χ0n) is 15.0. The summed E-state index contributed by atoms with van der Waals surface area (Å²) in [4.78, 5) is 28.1. The summed E-state index contributed by atoms with van der Waals surface area (Å²) in [6.45, 7) is 2.08. The van der Waals surface area contributed by atoms with Gasteiger partial charge in [0.1, 0.15) is 11.1 Å². The van der Waals surface area contributed by atoms with Crippen LogP contribution in [-0.4, -0.2) is 16.1 Å². The van der Waals surface area contributed by atoms with Crippen LogP contribution in [0.3, 0.4) is 0 Å². The van der Waals surface area contributed by atoms with Crippen LogP contribution in [0.4, 0.5) is 5.13 Å². The van der Waals surface area contributed by atoms with Gasteiger partial charge in [0.25, 0.3) is 5.91 Å². The molecule has 0 unspecified atom stereocenters. The predicted octanol–water partition coefficient (Wildman–Crippen LogP) is 3.96. The molecule has 0 fully saturated rings. The van der Waals surface area contributed by atoms with Gasteiger partial charge in [-0.15, -0.1) is 10.2 Å². The van der Waals surface area contributed by atoms with Crippen molar-refractivity contribution < 1.29 is 9.21 Å². The van der Waals surface area contributed by atoms with E-state index in [-0.39, 0.29) is 17.1 Å². The predicted molar refractivity (Wildman–Crippen MR) is 107 cm³/mol. The van der Waals surface area contributed by atoms with Crippen LogP contribution < -0.4 is 10.3 Å². The number of anilines is 1. The van der Waals surface area contributed by atoms with Crippen LogP contribution in [-0.2, 0) is 6.42 Å². The molecule has 0 aliphatic carbocycles. The molecule has 3 heterocycles. The lowest BCUT2D eigenvalue weighted by atomic mass is 9.97. The molecule has 2 aromatic carbocycles. The molecule has 1 atom stereocenters. The van der Waals surface area contributed by atoms with Crippen molar-refractivity contribution >= 4 is 33.3 Å². The normalized spacial score (nSPS) is 16.0. The molecule has 4 aromatic rings. The van der Waals surface area contributed by atoms with Crippen molar-refractivity contribution in [1.29, 1.82) is 0 Å². The second-order valence-corrected chi connectivity index (χ2v) is 7.38. The Labute approximate surface area is 164 Å². The van der Waals surface area contributed by atoms with Crippen molar-refractivity contribution in [1.82, 2.24) is 10.2 Å². The lowest BCUT2D eigenvalue weighted by Gasteiger charge is -2.22. The van der Waals surface area contributed by atoms with Crippen molar-refractivity contribution in [3.05, 3.63) is 86.7 Å². The zero-order valence-corrected chi connectivity index (χ0v) is 15.8. The number of aromatic nitrogens is 2. The Bertz CT molecular complexity index is 1250. The minimum absolute atomic E-state index is 0.0727. The maximum Gasteiger partial charge on any atom is 0.297 e. The number of fused-ring (bicyclic) bond motifs is 2. The van der Waals surface area contributed by atoms with Crippen LogP contribution in [0.25, 0.3) is 11.0 Å². The van der Waals surface area contributed by atoms with E-state index in [0.29, 0.717) is 21.7 Å². The van der Waals surface area contributed by atoms with Gasteiger partial charge in [-0.2, -0.15) is 0 Å². The summed E-state index contributed by atoms with van der Waals surface area (Å²) >= 11 is 1.25. The van der Waals surface area contributed by atoms with Crippen LogP contribution >= 0.6 is 11.3 Å². The zero-order chi connectivity index (χ0) is 19.3. The summed E-state index contributed by atoms with van der Waals surface area (Å²) in [6, 6.07) is 14.3. The fourth-order valence-corrected chi connectivity index (χ4v) is 4.22. The van der Waals surface area contributed by atoms with E-state index >= 15 is 0 Å². The summed E-state index contributed by atoms with van der Waals surface area (Å²) < 4.78 is 5.89. The molecule has 2 aromatic heterocycles. The van der Waals surface area contributed by atoms with Crippen LogP contribution in [0.5, 0.6) is 0 Å². The number of hydrogen-bond acceptors (Lipinski definition) is 6. The minimum atomic E-state index is -0.595. The maximum atomic E-state index is 13.3. The molecular formula is C21H15N3O3S. The van der Waals surface area contributed by atoms with Gasteiger partial charge < -0.3 is 4.42 Å². The van der Waals surface area contributed by atoms with Gasteiger partial charge in [-0.05, 0) is 29.7 Å². The van der Waals surface area contributed by atoms with Gasteiger partial charge in [-0.25, -0.2) is 0 Å². The van der Waals surface area contributed by atoms with E-state index in [1.807, 2.05) is 24.3 Å². The number of nitrogens with zero attached hydrogens (tertiary/aromatic N) is 3. The highest BCUT2D eigenvalue weighted by atomic mass is 32.1. The standard InChI is InChI=1S/C21H15N3O3S/c1-2-12-7-9-13(10-8-12)17-16-18(25)14-5-3-4-6-15(14)27-19(16)20(26)24(17)21-23-22-11-28-21/h3-11,17H,2H2,1H3/t17-/m0/s1. The van der Waals surface area contributed by atoms with Gasteiger partial charge in [0, 0.05) is 0 Å². The lowest BCUT2D eigenvalue weighted by molar-refractivity contribution is 0.0970. The fraction of sp³-hybridized carbons (Fsp3) is 0.143. The molecule has 0 bridgehead atoms. The lowest BCUT2D eigenvalue weighted by Crippen LogP contribution is -2.29. The first kappa shape index (κ1) is 16.8. The van der Waals surface area contributed by atoms with Crippen LogP contribution in [0.1, 0.15) is 40.2 Å². The highest BCUT2D eigenvalue weighted by molar-refractivity contribution is 7.13. The van der Waals surface area contributed by atoms with E-state index in [9.17, 15) is 9.59 Å². The van der Waals surface area contributed by atoms with Crippen molar-refractivity contribution in [3.8, 4) is 0 Å². The average Bonchev–Trinajstić information content (AvgIpc) is 3.35. The molecule has 1 aliphatic heterocycles. The van der Waals surface area contributed by atoms with Gasteiger partial charge >= 0.3 is 0 Å². The molecule has 28 heavy (non-hydrogen) atoms. The van der Waals surface area contributed by atoms with Crippen molar-refractivity contribution in [2.75, 3.05) is 4.90 Å². The van der Waals surface area contributed by atoms with Crippen molar-refractivity contribution in [2.45, 2.75) is 19.4 Å². The molecule has 0 saturated carbocycles. The topological polar surface area (TPSA) is 76.3 Å². The quantitative estimate of drug-likeness (QED) is 0.530. The van der Waals surface area contributed by atoms with Gasteiger partial charge in [0.2, 0.25) is 10.9 Å². The summed E-state index contributed by atoms with van der Waals surface area (Å²) in [5, 5.41) is 8.83. The largest absolute Gasteiger partial charge is 0.450 e. The number of hydrogen-bond donors (Lipinski definition) is 0. The SMILES string of the molecule is CCc1ccc([C@H]2c3c(oc4ccccc4c3=O)C(=O)N2c2nncs2)cc1. The molecule has 1 amide bonds. The van der Waals surface area contributed by atoms with E-state index in [4.69, 9.17) is 4.42 Å². The van der Waals surface area contributed by atoms with Gasteiger partial charge in [0.05, 0.1) is 17.0 Å². The third-order valence-electron chi connectivity index (χ3n) is 5.04. The van der Waals surface area contributed by atoms with Crippen LogP contribution in [0, 0.1) is 0 Å². The number of amides is 1. The Morgan fingerprint density at radius 2 is 1.89 bits per heavy atom. The molecule has 6 nitrogen and oxygen atoms in total. The van der Waals surface area contributed by atoms with E-state index in [0.717, 1.165) is 12.0 Å². The van der Waals surface area contributed by atoms with E-state index < -0.39 is 6.04 Å². The first-order valence-electron chi connectivity index (χ1n) is 8.93. The fourth-order valence-electron chi connectivity index (χ4n) is 3.64. The van der Waals surface area contributed by atoms with Crippen molar-refractivity contribution in [2.24, 2.45) is 0 Å². The molecule has 0 spiro atoms. The van der Waals surface area contributed by atoms with Crippen LogP contribution in [0.15, 0.2) is 63.3 Å². The second kappa shape index (κ2) is 6.38. The van der Waals surface area contributed by atoms with E-state index in [1.165, 1.54) is 21.8 Å². The number of rotatable bonds is 3. The van der Waals surface area contributed by atoms with Crippen molar-refractivity contribution in [3.63, 3.8) is 0 Å². The smallest absolute Gasteiger partial charge is 0.297 e. The summed E-state index contributed by atoms with van der Waals surface area (Å²) in [5.41, 5.74) is 4.14. The van der Waals surface area contributed by atoms with E-state index in [2.05, 4.69) is 17.1 Å². The van der Waals surface area contributed by atoms with Gasteiger partial charge in [-0.3, -0.25) is 14.5 Å². The molecule has 138 valence electrons. The molecular weight excluding hydrogens is 374 g/mol. The number of para-hydroxylation sites is 1. The third kappa shape index (κ3) is 2.40. The Hall–Kier alpha value is -3.32. The molecule has 1 aliphatic rings. The molecule has 0 saturated heterocycles. The molecule has 7 heteroatoms. The highest BCUT2D eigenvalue weighted by Crippen LogP contribution is 2.41. The Morgan fingerprint density at radius 3 is 2.61 bits per heavy atom. The third-order valence-corrected chi connectivity index (χ3v) is 5.72. The monoisotopic (exact) mass is 389 g/mol. The summed E-state index contributed by atoms with van der Waals surface area (Å²) in [7, 11) is 0. The first-order valence-corrected chi connectivity index (χ1v) is 9.81. The Kier molecular flexibility index (Phi) is 3.84. The van der Waals surface area contributed by atoms with Gasteiger partial charge in [0.15, 0.2) is 5.43 Å². The minimum Gasteiger partial charge on any atom is -0.450 e. The molecule has 0 radical (unpaired) electrons.